The fourth-order valence-electron chi connectivity index (χ4n) is 16.0. The van der Waals surface area contributed by atoms with Crippen molar-refractivity contribution in [1.29, 1.82) is 5.26 Å². The monoisotopic (exact) mass is 1260 g/mol. The van der Waals surface area contributed by atoms with E-state index >= 15 is 0 Å². The molecule has 6 aliphatic rings. The normalized spacial score (nSPS) is 32.8. The van der Waals surface area contributed by atoms with E-state index in [1.807, 2.05) is 0 Å². The second-order valence-electron chi connectivity index (χ2n) is 26.7. The van der Waals surface area contributed by atoms with E-state index in [4.69, 9.17) is 0 Å². The van der Waals surface area contributed by atoms with Gasteiger partial charge in [0.05, 0.1) is 11.5 Å². The summed E-state index contributed by atoms with van der Waals surface area (Å²) in [7, 11) is 0. The van der Waals surface area contributed by atoms with Crippen molar-refractivity contribution in [3.63, 3.8) is 0 Å². The van der Waals surface area contributed by atoms with Crippen molar-refractivity contribution < 1.29 is 4.79 Å². The minimum absolute atomic E-state index is 0.0488. The van der Waals surface area contributed by atoms with Gasteiger partial charge in [0.1, 0.15) is 6.29 Å². The van der Waals surface area contributed by atoms with E-state index < -0.39 is 5.31 Å². The Morgan fingerprint density at radius 3 is 1.03 bits per heavy atom. The molecule has 2 nitrogen and oxygen atoms in total. The number of allylic oxidation sites excluding steroid dienone is 1. The van der Waals surface area contributed by atoms with Gasteiger partial charge in [-0.1, -0.05) is 105 Å². The summed E-state index contributed by atoms with van der Waals surface area (Å²) < 4.78 is 0. The second-order valence-corrected chi connectivity index (χ2v) is 36.4. The van der Waals surface area contributed by atoms with Crippen LogP contribution in [-0.4, -0.2) is 13.0 Å². The van der Waals surface area contributed by atoms with Gasteiger partial charge in [-0.15, -0.1) is 6.58 Å². The first kappa shape index (κ1) is 66.2. The van der Waals surface area contributed by atoms with Crippen LogP contribution >= 0.6 is 49.1 Å². The quantitative estimate of drug-likeness (QED) is 0.0917. The first-order valence-electron chi connectivity index (χ1n) is 31.7. The van der Waals surface area contributed by atoms with Crippen LogP contribution in [0.25, 0.3) is 0 Å². The van der Waals surface area contributed by atoms with Crippen LogP contribution in [-0.2, 0) is 4.79 Å². The molecule has 6 fully saturated rings. The second kappa shape index (κ2) is 32.9. The van der Waals surface area contributed by atoms with Crippen LogP contribution in [0.15, 0.2) is 104 Å². The maximum absolute atomic E-state index is 11.4. The Morgan fingerprint density at radius 1 is 0.481 bits per heavy atom. The molecule has 3 aromatic rings. The predicted molar refractivity (Wildman–Crippen MR) is 351 cm³/mol. The van der Waals surface area contributed by atoms with Gasteiger partial charge in [0.2, 0.25) is 0 Å². The molecule has 6 heteroatoms. The van der Waals surface area contributed by atoms with Gasteiger partial charge in [-0.05, 0) is 194 Å². The number of rotatable bonds is 14. The summed E-state index contributed by atoms with van der Waals surface area (Å²) in [5, 5.41) is 10.9. The van der Waals surface area contributed by atoms with Gasteiger partial charge >= 0.3 is 134 Å². The molecule has 6 saturated carbocycles. The average molecular weight is 1260 g/mol. The molecule has 6 aliphatic carbocycles. The van der Waals surface area contributed by atoms with Crippen LogP contribution in [0.5, 0.6) is 0 Å². The predicted octanol–water partition coefficient (Wildman–Crippen LogP) is 22.4. The molecule has 0 bridgehead atoms. The van der Waals surface area contributed by atoms with Crippen molar-refractivity contribution in [2.45, 2.75) is 234 Å². The number of benzene rings is 3. The first-order valence-corrected chi connectivity index (χ1v) is 40.2. The van der Waals surface area contributed by atoms with Crippen LogP contribution in [0.2, 0.25) is 0 Å². The van der Waals surface area contributed by atoms with E-state index in [0.29, 0.717) is 5.41 Å². The van der Waals surface area contributed by atoms with Crippen LogP contribution in [0.1, 0.15) is 234 Å². The Balaban J connectivity index is 0.000000188. The van der Waals surface area contributed by atoms with Crippen molar-refractivity contribution in [3.8, 4) is 6.07 Å². The molecule has 0 radical (unpaired) electrons. The number of hydrogen-bond donors (Lipinski definition) is 0. The Labute approximate surface area is 497 Å². The van der Waals surface area contributed by atoms with Gasteiger partial charge in [0.25, 0.3) is 0 Å². The molecule has 0 saturated heterocycles. The number of nitrogens with zero attached hydrogens (tertiary/aromatic N) is 1. The third-order valence-corrected chi connectivity index (χ3v) is 29.7. The minimum atomic E-state index is -2.56. The summed E-state index contributed by atoms with van der Waals surface area (Å²) in [5.74, 6) is 8.86. The zero-order valence-electron chi connectivity index (χ0n) is 49.9. The Morgan fingerprint density at radius 2 is 0.753 bits per heavy atom. The third-order valence-electron chi connectivity index (χ3n) is 21.5. The molecule has 77 heavy (non-hydrogen) atoms. The number of carbonyl (C=O) groups is 1. The van der Waals surface area contributed by atoms with Gasteiger partial charge in [0, 0.05) is 33.7 Å². The summed E-state index contributed by atoms with van der Waals surface area (Å²) in [5.41, 5.74) is 0.619. The number of aldehydes is 1. The molecule has 0 N–H and O–H groups in total. The number of halogens is 3. The standard InChI is InChI=1S/C19H18BrP.C18H32.C17H29N.C17H30O.Br2/c1-21(20,17-11-5-2-6-12-17,18-13-7-3-8-14-18)19-15-9-4-10-16-19;1-4-12-18(5-2)13-10-17(11-14-18)16-8-6-15(3)7-9-16;2*1-3-10-17(13-18)11-8-16(9-12-17)15-6-4-14(2)5-7-15;1-2/h2-16H,1H3;5,15-17H,2,4,6-14H2,1,3H3;14-16H,3-12H2,1-2H3;13-16H,3-12H2,1-2H3;. The van der Waals surface area contributed by atoms with Gasteiger partial charge in [-0.2, -0.15) is 5.26 Å². The summed E-state index contributed by atoms with van der Waals surface area (Å²) in [6.07, 6.45) is 44.2. The fraction of sp³-hybridized carbons (Fsp3) is 0.690. The van der Waals surface area contributed by atoms with E-state index in [0.717, 1.165) is 72.5 Å². The van der Waals surface area contributed by atoms with E-state index in [1.54, 1.807) is 0 Å². The molecule has 3 aromatic carbocycles. The Kier molecular flexibility index (Phi) is 28.3. The van der Waals surface area contributed by atoms with Gasteiger partial charge in [-0.25, -0.2) is 0 Å². The molecule has 0 spiro atoms. The van der Waals surface area contributed by atoms with Gasteiger partial charge < -0.3 is 4.79 Å². The topological polar surface area (TPSA) is 40.9 Å². The summed E-state index contributed by atoms with van der Waals surface area (Å²) in [6.45, 7) is 20.5. The molecule has 0 amide bonds. The molecule has 0 aliphatic heterocycles. The van der Waals surface area contributed by atoms with Crippen LogP contribution < -0.4 is 15.9 Å². The third kappa shape index (κ3) is 18.5. The van der Waals surface area contributed by atoms with Crippen LogP contribution in [0, 0.1) is 80.8 Å². The van der Waals surface area contributed by atoms with Crippen molar-refractivity contribution in [2.24, 2.45) is 69.5 Å². The van der Waals surface area contributed by atoms with Crippen molar-refractivity contribution in [3.05, 3.63) is 104 Å². The van der Waals surface area contributed by atoms with E-state index in [1.165, 1.54) is 196 Å². The molecule has 0 atom stereocenters. The van der Waals surface area contributed by atoms with Crippen LogP contribution in [0.4, 0.5) is 0 Å². The molecular weight excluding hydrogens is 1150 g/mol. The Bertz CT molecular complexity index is 1950. The Hall–Kier alpha value is -1.57. The van der Waals surface area contributed by atoms with E-state index in [9.17, 15) is 10.1 Å². The van der Waals surface area contributed by atoms with Gasteiger partial charge in [-0.3, -0.25) is 0 Å². The molecule has 0 aromatic heterocycles. The van der Waals surface area contributed by atoms with Crippen LogP contribution in [0.3, 0.4) is 0 Å². The maximum atomic E-state index is 11.4. The molecule has 9 rings (SSSR count). The average Bonchev–Trinajstić information content (AvgIpc) is 3.50. The van der Waals surface area contributed by atoms with Crippen molar-refractivity contribution in [1.82, 2.24) is 0 Å². The SMILES string of the molecule is BrBr.C=CC1(CCC)CCC(C2CCC(C)CC2)CC1.CCCC1(C#N)CCC(C2CCC(C)CC2)CC1.CCCC1(C=O)CCC(C2CCC(C)CC2)CC1.CP(Br)(c1ccccc1)(c1ccccc1)c1ccccc1. The van der Waals surface area contributed by atoms with Crippen molar-refractivity contribution in [2.75, 3.05) is 6.66 Å². The molecular formula is C71H109Br3NOP. The first-order chi connectivity index (χ1) is 37.2. The van der Waals surface area contributed by atoms with E-state index in [-0.39, 0.29) is 10.8 Å². The molecule has 0 unspecified atom stereocenters. The zero-order chi connectivity index (χ0) is 55.8. The molecule has 430 valence electrons. The van der Waals surface area contributed by atoms with Crippen molar-refractivity contribution >= 4 is 71.3 Å². The zero-order valence-corrected chi connectivity index (χ0v) is 55.5. The number of carbonyl (C=O) groups excluding carboxylic acids is 1. The summed E-state index contributed by atoms with van der Waals surface area (Å²) in [4.78, 5) is 11.4. The number of hydrogen-bond acceptors (Lipinski definition) is 2. The number of nitriles is 1. The fourth-order valence-corrected chi connectivity index (χ4v) is 21.6. The molecule has 0 heterocycles. The van der Waals surface area contributed by atoms with Gasteiger partial charge in [0.15, 0.2) is 0 Å². The summed E-state index contributed by atoms with van der Waals surface area (Å²) >= 11 is 9.74. The summed E-state index contributed by atoms with van der Waals surface area (Å²) in [6, 6.07) is 35.0. The van der Waals surface area contributed by atoms with E-state index in [2.05, 4.69) is 202 Å².